The topological polar surface area (TPSA) is 30.7 Å². The van der Waals surface area contributed by atoms with Gasteiger partial charge in [-0.15, -0.1) is 11.8 Å². The lowest BCUT2D eigenvalue weighted by Crippen LogP contribution is -1.97. The number of hydrogen-bond donors (Lipinski definition) is 0. The van der Waals surface area contributed by atoms with Gasteiger partial charge in [0.05, 0.1) is 20.9 Å². The van der Waals surface area contributed by atoms with Crippen LogP contribution in [-0.2, 0) is 19.2 Å². The lowest BCUT2D eigenvalue weighted by atomic mass is 10.3. The van der Waals surface area contributed by atoms with E-state index in [9.17, 15) is 0 Å². The number of nitrogens with zero attached hydrogens (tertiary/aromatic N) is 3. The Balaban J connectivity index is 2.12. The third kappa shape index (κ3) is 2.90. The van der Waals surface area contributed by atoms with Gasteiger partial charge in [-0.05, 0) is 34.5 Å². The molecule has 0 saturated carbocycles. The third-order valence-electron chi connectivity index (χ3n) is 2.50. The van der Waals surface area contributed by atoms with E-state index in [1.165, 1.54) is 5.69 Å². The molecule has 5 heteroatoms. The van der Waals surface area contributed by atoms with Crippen molar-refractivity contribution in [1.29, 1.82) is 0 Å². The molecule has 0 aliphatic carbocycles. The van der Waals surface area contributed by atoms with Crippen LogP contribution in [0.5, 0.6) is 0 Å². The zero-order valence-electron chi connectivity index (χ0n) is 9.85. The van der Waals surface area contributed by atoms with E-state index in [0.717, 1.165) is 27.4 Å². The van der Waals surface area contributed by atoms with E-state index in [4.69, 9.17) is 0 Å². The summed E-state index contributed by atoms with van der Waals surface area (Å²) in [6.07, 6.45) is 2.76. The zero-order chi connectivity index (χ0) is 12.3. The Morgan fingerprint density at radius 3 is 2.82 bits per heavy atom. The molecule has 0 saturated heterocycles. The molecule has 2 rings (SSSR count). The second kappa shape index (κ2) is 5.69. The quantitative estimate of drug-likeness (QED) is 0.810. The average Bonchev–Trinajstić information content (AvgIpc) is 2.63. The summed E-state index contributed by atoms with van der Waals surface area (Å²) in [7, 11) is 1.98. The fourth-order valence-corrected chi connectivity index (χ4v) is 3.42. The SMILES string of the molecule is CCc1nn(C)c(CSc2ccccn2)c1Br. The molecule has 0 amide bonds. The highest BCUT2D eigenvalue weighted by Gasteiger charge is 2.12. The first-order chi connectivity index (χ1) is 8.22. The van der Waals surface area contributed by atoms with Gasteiger partial charge in [0.15, 0.2) is 0 Å². The van der Waals surface area contributed by atoms with Gasteiger partial charge in [0.2, 0.25) is 0 Å². The smallest absolute Gasteiger partial charge is 0.0963 e. The van der Waals surface area contributed by atoms with Gasteiger partial charge in [0, 0.05) is 19.0 Å². The first-order valence-electron chi connectivity index (χ1n) is 5.46. The first-order valence-corrected chi connectivity index (χ1v) is 7.24. The van der Waals surface area contributed by atoms with Crippen LogP contribution in [0.4, 0.5) is 0 Å². The van der Waals surface area contributed by atoms with Crippen LogP contribution >= 0.6 is 27.7 Å². The maximum Gasteiger partial charge on any atom is 0.0963 e. The van der Waals surface area contributed by atoms with Crippen molar-refractivity contribution in [3.05, 3.63) is 40.3 Å². The molecule has 0 bridgehead atoms. The van der Waals surface area contributed by atoms with Gasteiger partial charge in [0.25, 0.3) is 0 Å². The number of hydrogen-bond acceptors (Lipinski definition) is 3. The van der Waals surface area contributed by atoms with Gasteiger partial charge >= 0.3 is 0 Å². The highest BCUT2D eigenvalue weighted by Crippen LogP contribution is 2.27. The van der Waals surface area contributed by atoms with Crippen molar-refractivity contribution in [2.75, 3.05) is 0 Å². The lowest BCUT2D eigenvalue weighted by Gasteiger charge is -2.02. The van der Waals surface area contributed by atoms with Crippen molar-refractivity contribution in [1.82, 2.24) is 14.8 Å². The van der Waals surface area contributed by atoms with Crippen molar-refractivity contribution >= 4 is 27.7 Å². The summed E-state index contributed by atoms with van der Waals surface area (Å²) in [4.78, 5) is 4.30. The van der Waals surface area contributed by atoms with Crippen molar-refractivity contribution in [3.63, 3.8) is 0 Å². The highest BCUT2D eigenvalue weighted by atomic mass is 79.9. The summed E-state index contributed by atoms with van der Waals surface area (Å²) < 4.78 is 3.07. The van der Waals surface area contributed by atoms with Gasteiger partial charge in [-0.2, -0.15) is 5.10 Å². The Labute approximate surface area is 114 Å². The van der Waals surface area contributed by atoms with Crippen molar-refractivity contribution in [2.24, 2.45) is 7.05 Å². The molecule has 0 spiro atoms. The van der Waals surface area contributed by atoms with E-state index in [2.05, 4.69) is 32.9 Å². The first kappa shape index (κ1) is 12.6. The maximum atomic E-state index is 4.48. The molecular weight excluding hydrogens is 298 g/mol. The standard InChI is InChI=1S/C12H14BrN3S/c1-3-9-12(13)10(16(2)15-9)8-17-11-6-4-5-7-14-11/h4-7H,3,8H2,1-2H3. The summed E-state index contributed by atoms with van der Waals surface area (Å²) in [5, 5.41) is 5.52. The molecule has 2 aromatic rings. The summed E-state index contributed by atoms with van der Waals surface area (Å²) >= 11 is 5.34. The molecule has 0 fully saturated rings. The maximum absolute atomic E-state index is 4.48. The minimum absolute atomic E-state index is 0.876. The van der Waals surface area contributed by atoms with Crippen LogP contribution in [0.2, 0.25) is 0 Å². The van der Waals surface area contributed by atoms with E-state index in [1.54, 1.807) is 11.8 Å². The molecular formula is C12H14BrN3S. The van der Waals surface area contributed by atoms with Gasteiger partial charge in [-0.3, -0.25) is 4.68 Å². The number of aromatic nitrogens is 3. The number of thioether (sulfide) groups is 1. The largest absolute Gasteiger partial charge is 0.270 e. The molecule has 0 unspecified atom stereocenters. The van der Waals surface area contributed by atoms with Crippen molar-refractivity contribution in [3.8, 4) is 0 Å². The van der Waals surface area contributed by atoms with E-state index in [1.807, 2.05) is 36.1 Å². The fraction of sp³-hybridized carbons (Fsp3) is 0.333. The van der Waals surface area contributed by atoms with Crippen LogP contribution in [0, 0.1) is 0 Å². The lowest BCUT2D eigenvalue weighted by molar-refractivity contribution is 0.719. The highest BCUT2D eigenvalue weighted by molar-refractivity contribution is 9.10. The minimum Gasteiger partial charge on any atom is -0.270 e. The number of aryl methyl sites for hydroxylation is 2. The summed E-state index contributed by atoms with van der Waals surface area (Å²) in [5.74, 6) is 0.876. The van der Waals surface area contributed by atoms with E-state index >= 15 is 0 Å². The molecule has 2 aromatic heterocycles. The monoisotopic (exact) mass is 311 g/mol. The second-order valence-electron chi connectivity index (χ2n) is 3.64. The summed E-state index contributed by atoms with van der Waals surface area (Å²) in [6.45, 7) is 2.11. The van der Waals surface area contributed by atoms with Crippen LogP contribution in [0.3, 0.4) is 0 Å². The van der Waals surface area contributed by atoms with Crippen LogP contribution in [-0.4, -0.2) is 14.8 Å². The third-order valence-corrected chi connectivity index (χ3v) is 4.37. The van der Waals surface area contributed by atoms with Crippen LogP contribution in [0.15, 0.2) is 33.9 Å². The molecule has 17 heavy (non-hydrogen) atoms. The molecule has 0 aliphatic rings. The number of rotatable bonds is 4. The van der Waals surface area contributed by atoms with E-state index in [-0.39, 0.29) is 0 Å². The van der Waals surface area contributed by atoms with Gasteiger partial charge < -0.3 is 0 Å². The van der Waals surface area contributed by atoms with E-state index in [0.29, 0.717) is 0 Å². The molecule has 0 aromatic carbocycles. The Bertz CT molecular complexity index is 496. The van der Waals surface area contributed by atoms with Gasteiger partial charge in [-0.1, -0.05) is 13.0 Å². The normalized spacial score (nSPS) is 10.8. The summed E-state index contributed by atoms with van der Waals surface area (Å²) in [6, 6.07) is 5.96. The Hall–Kier alpha value is -0.810. The average molecular weight is 312 g/mol. The molecule has 0 N–H and O–H groups in total. The molecule has 0 radical (unpaired) electrons. The molecule has 90 valence electrons. The Morgan fingerprint density at radius 1 is 1.41 bits per heavy atom. The summed E-state index contributed by atoms with van der Waals surface area (Å²) in [5.41, 5.74) is 2.32. The molecule has 2 heterocycles. The molecule has 0 aliphatic heterocycles. The van der Waals surface area contributed by atoms with Gasteiger partial charge in [-0.25, -0.2) is 4.98 Å². The predicted octanol–water partition coefficient (Wildman–Crippen LogP) is 3.43. The fourth-order valence-electron chi connectivity index (χ4n) is 1.55. The van der Waals surface area contributed by atoms with Crippen molar-refractivity contribution < 1.29 is 0 Å². The van der Waals surface area contributed by atoms with Crippen LogP contribution < -0.4 is 0 Å². The molecule has 3 nitrogen and oxygen atoms in total. The number of halogens is 1. The van der Waals surface area contributed by atoms with Gasteiger partial charge in [0.1, 0.15) is 0 Å². The second-order valence-corrected chi connectivity index (χ2v) is 5.43. The van der Waals surface area contributed by atoms with Crippen LogP contribution in [0.1, 0.15) is 18.3 Å². The Morgan fingerprint density at radius 2 is 2.24 bits per heavy atom. The number of pyridine rings is 1. The molecule has 0 atom stereocenters. The Kier molecular flexibility index (Phi) is 4.23. The minimum atomic E-state index is 0.876. The van der Waals surface area contributed by atoms with E-state index < -0.39 is 0 Å². The van der Waals surface area contributed by atoms with Crippen molar-refractivity contribution in [2.45, 2.75) is 24.1 Å². The predicted molar refractivity (Wildman–Crippen MR) is 74.1 cm³/mol. The zero-order valence-corrected chi connectivity index (χ0v) is 12.3. The van der Waals surface area contributed by atoms with Crippen LogP contribution in [0.25, 0.3) is 0 Å².